The number of ether oxygens (including phenoxy) is 1. The minimum Gasteiger partial charge on any atom is -0.443 e. The average Bonchev–Trinajstić information content (AvgIpc) is 2.96. The van der Waals surface area contributed by atoms with E-state index in [0.717, 1.165) is 6.07 Å². The number of aromatic nitrogens is 1. The van der Waals surface area contributed by atoms with Gasteiger partial charge in [0.1, 0.15) is 11.9 Å². The van der Waals surface area contributed by atoms with Crippen molar-refractivity contribution >= 4 is 23.4 Å². The van der Waals surface area contributed by atoms with Gasteiger partial charge in [0.15, 0.2) is 0 Å². The quantitative estimate of drug-likeness (QED) is 0.890. The van der Waals surface area contributed by atoms with Crippen LogP contribution in [0, 0.1) is 5.82 Å². The van der Waals surface area contributed by atoms with Crippen LogP contribution in [0.1, 0.15) is 10.4 Å². The van der Waals surface area contributed by atoms with Crippen molar-refractivity contribution in [1.29, 1.82) is 0 Å². The molecule has 0 saturated carbocycles. The number of cyclic esters (lactones) is 1. The fraction of sp³-hybridized carbons (Fsp3) is 0.188. The molecule has 124 valence electrons. The molecule has 1 aromatic carbocycles. The lowest BCUT2D eigenvalue weighted by atomic mass is 10.1. The molecule has 2 aromatic rings. The van der Waals surface area contributed by atoms with Crippen molar-refractivity contribution < 1.29 is 18.7 Å². The lowest BCUT2D eigenvalue weighted by molar-refractivity contribution is 0.102. The van der Waals surface area contributed by atoms with E-state index in [1.165, 1.54) is 23.2 Å². The van der Waals surface area contributed by atoms with Crippen LogP contribution < -0.4 is 16.0 Å². The summed E-state index contributed by atoms with van der Waals surface area (Å²) in [6.45, 7) is 0.437. The summed E-state index contributed by atoms with van der Waals surface area (Å²) in [5, 5.41) is 2.55. The van der Waals surface area contributed by atoms with E-state index in [4.69, 9.17) is 10.5 Å². The lowest BCUT2D eigenvalue weighted by Crippen LogP contribution is -2.27. The van der Waals surface area contributed by atoms with Crippen molar-refractivity contribution in [3.05, 3.63) is 54.1 Å². The van der Waals surface area contributed by atoms with Gasteiger partial charge in [0, 0.05) is 12.7 Å². The predicted octanol–water partition coefficient (Wildman–Crippen LogP) is 1.76. The molecule has 7 nitrogen and oxygen atoms in total. The number of nitrogens with two attached hydrogens (primary N) is 1. The van der Waals surface area contributed by atoms with E-state index < -0.39 is 23.9 Å². The summed E-state index contributed by atoms with van der Waals surface area (Å²) < 4.78 is 19.3. The molecule has 8 heteroatoms. The molecule has 3 rings (SSSR count). The zero-order valence-electron chi connectivity index (χ0n) is 12.6. The van der Waals surface area contributed by atoms with Crippen LogP contribution in [-0.4, -0.2) is 36.2 Å². The molecule has 0 radical (unpaired) electrons. The Labute approximate surface area is 137 Å². The topological polar surface area (TPSA) is 97.5 Å². The normalized spacial score (nSPS) is 16.8. The Hall–Kier alpha value is -3.00. The van der Waals surface area contributed by atoms with Crippen LogP contribution in [0.4, 0.5) is 20.6 Å². The molecular weight excluding hydrogens is 315 g/mol. The number of carbonyl (C=O) groups excluding carboxylic acids is 2. The molecule has 2 amide bonds. The number of halogens is 1. The number of carbonyl (C=O) groups is 2. The largest absolute Gasteiger partial charge is 0.443 e. The molecule has 1 saturated heterocycles. The molecule has 24 heavy (non-hydrogen) atoms. The second kappa shape index (κ2) is 6.63. The molecule has 0 spiro atoms. The lowest BCUT2D eigenvalue weighted by Gasteiger charge is -2.14. The number of pyridine rings is 1. The average molecular weight is 330 g/mol. The fourth-order valence-electron chi connectivity index (χ4n) is 2.35. The molecule has 0 bridgehead atoms. The van der Waals surface area contributed by atoms with Crippen molar-refractivity contribution in [3.8, 4) is 0 Å². The van der Waals surface area contributed by atoms with Crippen LogP contribution in [0.3, 0.4) is 0 Å². The van der Waals surface area contributed by atoms with Gasteiger partial charge in [0.05, 0.1) is 29.7 Å². The number of amides is 2. The molecule has 1 aliphatic rings. The van der Waals surface area contributed by atoms with Gasteiger partial charge in [0.2, 0.25) is 0 Å². The summed E-state index contributed by atoms with van der Waals surface area (Å²) in [5.74, 6) is -1.34. The predicted molar refractivity (Wildman–Crippen MR) is 85.3 cm³/mol. The highest BCUT2D eigenvalue weighted by molar-refractivity contribution is 6.04. The van der Waals surface area contributed by atoms with Crippen LogP contribution >= 0.6 is 0 Å². The van der Waals surface area contributed by atoms with Gasteiger partial charge in [-0.25, -0.2) is 9.18 Å². The molecular formula is C16H15FN4O3. The molecule has 1 atom stereocenters. The summed E-state index contributed by atoms with van der Waals surface area (Å²) in [5.41, 5.74) is 6.10. The molecule has 1 aromatic heterocycles. The maximum Gasteiger partial charge on any atom is 0.414 e. The van der Waals surface area contributed by atoms with Gasteiger partial charge in [-0.2, -0.15) is 0 Å². The van der Waals surface area contributed by atoms with Gasteiger partial charge in [-0.05, 0) is 30.3 Å². The maximum atomic E-state index is 14.3. The Morgan fingerprint density at radius 3 is 2.92 bits per heavy atom. The van der Waals surface area contributed by atoms with Crippen molar-refractivity contribution in [3.63, 3.8) is 0 Å². The third kappa shape index (κ3) is 3.18. The zero-order chi connectivity index (χ0) is 17.1. The second-order valence-corrected chi connectivity index (χ2v) is 5.21. The van der Waals surface area contributed by atoms with Gasteiger partial charge < -0.3 is 15.8 Å². The third-order valence-corrected chi connectivity index (χ3v) is 3.57. The van der Waals surface area contributed by atoms with Crippen LogP contribution in [0.15, 0.2) is 42.7 Å². The van der Waals surface area contributed by atoms with Gasteiger partial charge >= 0.3 is 6.09 Å². The molecule has 2 heterocycles. The Morgan fingerprint density at radius 1 is 1.46 bits per heavy atom. The number of nitrogens with zero attached hydrogens (tertiary/aromatic N) is 2. The molecule has 1 aliphatic heterocycles. The first kappa shape index (κ1) is 15.9. The molecule has 1 fully saturated rings. The van der Waals surface area contributed by atoms with E-state index in [2.05, 4.69) is 10.3 Å². The van der Waals surface area contributed by atoms with Crippen molar-refractivity contribution in [2.24, 2.45) is 5.73 Å². The van der Waals surface area contributed by atoms with Crippen molar-refractivity contribution in [2.45, 2.75) is 6.10 Å². The number of nitrogens with one attached hydrogen (secondary N) is 1. The summed E-state index contributed by atoms with van der Waals surface area (Å²) in [6, 6.07) is 7.23. The van der Waals surface area contributed by atoms with Gasteiger partial charge in [-0.1, -0.05) is 0 Å². The van der Waals surface area contributed by atoms with E-state index in [1.807, 2.05) is 0 Å². The molecule has 3 N–H and O–H groups in total. The highest BCUT2D eigenvalue weighted by Gasteiger charge is 2.31. The summed E-state index contributed by atoms with van der Waals surface area (Å²) in [7, 11) is 0. The minimum absolute atomic E-state index is 0.134. The van der Waals surface area contributed by atoms with Gasteiger partial charge in [0.25, 0.3) is 5.91 Å². The Morgan fingerprint density at radius 2 is 2.29 bits per heavy atom. The van der Waals surface area contributed by atoms with Crippen LogP contribution in [-0.2, 0) is 4.74 Å². The second-order valence-electron chi connectivity index (χ2n) is 5.21. The Kier molecular flexibility index (Phi) is 4.39. The Bertz CT molecular complexity index is 769. The zero-order valence-corrected chi connectivity index (χ0v) is 12.6. The van der Waals surface area contributed by atoms with Crippen molar-refractivity contribution in [1.82, 2.24) is 4.98 Å². The maximum absolute atomic E-state index is 14.3. The monoisotopic (exact) mass is 330 g/mol. The number of rotatable bonds is 4. The van der Waals surface area contributed by atoms with E-state index in [1.54, 1.807) is 18.3 Å². The standard InChI is InChI=1S/C16H15FN4O3/c17-14-6-11(21-9-12(7-18)24-16(21)23)3-4-13(14)15(22)20-10-2-1-5-19-8-10/h1-6,8,12H,7,9,18H2,(H,20,22)/t12-/m0/s1. The van der Waals surface area contributed by atoms with E-state index in [-0.39, 0.29) is 18.7 Å². The first-order chi connectivity index (χ1) is 11.6. The highest BCUT2D eigenvalue weighted by atomic mass is 19.1. The SMILES string of the molecule is NC[C@H]1CN(c2ccc(C(=O)Nc3cccnc3)c(F)c2)C(=O)O1. The number of anilines is 2. The van der Waals surface area contributed by atoms with E-state index in [0.29, 0.717) is 11.4 Å². The van der Waals surface area contributed by atoms with Crippen LogP contribution in [0.5, 0.6) is 0 Å². The molecule has 0 aliphatic carbocycles. The van der Waals surface area contributed by atoms with E-state index in [9.17, 15) is 14.0 Å². The van der Waals surface area contributed by atoms with Crippen molar-refractivity contribution in [2.75, 3.05) is 23.3 Å². The summed E-state index contributed by atoms with van der Waals surface area (Å²) in [4.78, 5) is 29.0. The number of benzene rings is 1. The van der Waals surface area contributed by atoms with Crippen LogP contribution in [0.25, 0.3) is 0 Å². The highest BCUT2D eigenvalue weighted by Crippen LogP contribution is 2.24. The summed E-state index contributed by atoms with van der Waals surface area (Å²) in [6.07, 6.45) is 2.01. The first-order valence-corrected chi connectivity index (χ1v) is 7.27. The van der Waals surface area contributed by atoms with Gasteiger partial charge in [-0.3, -0.25) is 14.7 Å². The Balaban J connectivity index is 1.78. The number of hydrogen-bond acceptors (Lipinski definition) is 5. The van der Waals surface area contributed by atoms with E-state index >= 15 is 0 Å². The fourth-order valence-corrected chi connectivity index (χ4v) is 2.35. The first-order valence-electron chi connectivity index (χ1n) is 7.27. The number of hydrogen-bond donors (Lipinski definition) is 2. The smallest absolute Gasteiger partial charge is 0.414 e. The van der Waals surface area contributed by atoms with Gasteiger partial charge in [-0.15, -0.1) is 0 Å². The summed E-state index contributed by atoms with van der Waals surface area (Å²) >= 11 is 0. The minimum atomic E-state index is -0.738. The molecule has 0 unspecified atom stereocenters. The van der Waals surface area contributed by atoms with Crippen LogP contribution in [0.2, 0.25) is 0 Å². The third-order valence-electron chi connectivity index (χ3n) is 3.57.